The fourth-order valence-corrected chi connectivity index (χ4v) is 10.2. The molecule has 8 N–H and O–H groups in total. The van der Waals surface area contributed by atoms with Gasteiger partial charge in [-0.2, -0.15) is 10.2 Å². The minimum absolute atomic E-state index is 0.0278. The summed E-state index contributed by atoms with van der Waals surface area (Å²) in [6.07, 6.45) is 7.68. The van der Waals surface area contributed by atoms with E-state index in [4.69, 9.17) is 22.1 Å². The zero-order valence-corrected chi connectivity index (χ0v) is 30.8. The highest BCUT2D eigenvalue weighted by atomic mass is 32.1. The molecule has 2 saturated carbocycles. The molecule has 3 aliphatic carbocycles. The zero-order valence-electron chi connectivity index (χ0n) is 28.2. The number of benzene rings is 2. The summed E-state index contributed by atoms with van der Waals surface area (Å²) in [5.74, 6) is 2.66. The zero-order chi connectivity index (χ0) is 36.3. The van der Waals surface area contributed by atoms with Gasteiger partial charge in [0.15, 0.2) is 0 Å². The number of aromatic hydroxyl groups is 1. The highest BCUT2D eigenvalue weighted by molar-refractivity contribution is 7.80. The van der Waals surface area contributed by atoms with Crippen LogP contribution in [0.5, 0.6) is 11.5 Å². The maximum Gasteiger partial charge on any atom is 0.369 e. The summed E-state index contributed by atoms with van der Waals surface area (Å²) >= 11 is 5.44. The van der Waals surface area contributed by atoms with Crippen molar-refractivity contribution >= 4 is 44.4 Å². The van der Waals surface area contributed by atoms with Crippen LogP contribution >= 0.6 is 27.4 Å². The fraction of sp³-hybridized carbons (Fsp3) is 0.545. The van der Waals surface area contributed by atoms with E-state index in [1.54, 1.807) is 30.3 Å². The summed E-state index contributed by atoms with van der Waals surface area (Å²) in [5, 5.41) is 25.9. The second-order valence-electron chi connectivity index (χ2n) is 13.9. The Labute approximate surface area is 297 Å². The van der Waals surface area contributed by atoms with Crippen molar-refractivity contribution in [3.63, 3.8) is 0 Å². The van der Waals surface area contributed by atoms with E-state index in [0.717, 1.165) is 49.8 Å². The molecule has 5 rings (SSSR count). The number of rotatable bonds is 13. The van der Waals surface area contributed by atoms with Crippen LogP contribution in [-0.2, 0) is 15.6 Å². The topological polar surface area (TPSA) is 217 Å². The number of phenolic OH excluding ortho intramolecular Hbond substituents is 1. The molecule has 0 amide bonds. The van der Waals surface area contributed by atoms with Crippen molar-refractivity contribution in [1.29, 1.82) is 0 Å². The number of aryl methyl sites for hydroxylation is 1. The number of aliphatic hydroxyl groups is 1. The van der Waals surface area contributed by atoms with Crippen LogP contribution in [0.4, 0.5) is 0 Å². The third-order valence-electron chi connectivity index (χ3n) is 10.7. The predicted octanol–water partition coefficient (Wildman–Crippen LogP) is 4.19. The SMILES string of the molecule is CN(CCCOc1cccc(/C=N/NC(=S)N/N=C2\CC[C@H]3[C@@H]4CCc5cc(O)ccc5[C@H]4CC[C@]23C)c1)CCC(O)(P(=O)(O)O)P(=O)(O)O. The number of hydrazone groups is 2. The van der Waals surface area contributed by atoms with Crippen LogP contribution in [0.25, 0.3) is 0 Å². The van der Waals surface area contributed by atoms with Gasteiger partial charge in [0.05, 0.1) is 12.8 Å². The molecule has 0 spiro atoms. The maximum atomic E-state index is 11.5. The van der Waals surface area contributed by atoms with Crippen LogP contribution < -0.4 is 15.6 Å². The van der Waals surface area contributed by atoms with Crippen LogP contribution in [0, 0.1) is 17.3 Å². The lowest BCUT2D eigenvalue weighted by Gasteiger charge is -2.49. The van der Waals surface area contributed by atoms with Gasteiger partial charge in [-0.25, -0.2) is 0 Å². The molecule has 0 aliphatic heterocycles. The van der Waals surface area contributed by atoms with E-state index in [0.29, 0.717) is 48.8 Å². The van der Waals surface area contributed by atoms with Crippen molar-refractivity contribution < 1.29 is 43.7 Å². The Morgan fingerprint density at radius 2 is 1.84 bits per heavy atom. The number of hydrogen-bond acceptors (Lipinski definition) is 9. The molecule has 0 heterocycles. The van der Waals surface area contributed by atoms with Gasteiger partial charge in [-0.1, -0.05) is 25.1 Å². The lowest BCUT2D eigenvalue weighted by Crippen LogP contribution is -2.43. The van der Waals surface area contributed by atoms with E-state index in [9.17, 15) is 38.9 Å². The third kappa shape index (κ3) is 8.49. The Hall–Kier alpha value is -2.71. The van der Waals surface area contributed by atoms with Gasteiger partial charge < -0.3 is 39.4 Å². The highest BCUT2D eigenvalue weighted by Gasteiger charge is 2.59. The Kier molecular flexibility index (Phi) is 11.9. The lowest BCUT2D eigenvalue weighted by atomic mass is 9.55. The molecular weight excluding hydrogens is 704 g/mol. The minimum atomic E-state index is -5.48. The molecule has 3 aliphatic rings. The van der Waals surface area contributed by atoms with Crippen LogP contribution in [-0.4, -0.2) is 83.6 Å². The average molecular weight is 752 g/mol. The molecule has 0 saturated heterocycles. The third-order valence-corrected chi connectivity index (χ3v) is 14.8. The Balaban J connectivity index is 1.05. The molecule has 0 radical (unpaired) electrons. The first-order valence-electron chi connectivity index (χ1n) is 16.7. The highest BCUT2D eigenvalue weighted by Crippen LogP contribution is 2.69. The van der Waals surface area contributed by atoms with Crippen molar-refractivity contribution in [3.05, 3.63) is 59.2 Å². The van der Waals surface area contributed by atoms with Crippen molar-refractivity contribution in [3.8, 4) is 11.5 Å². The van der Waals surface area contributed by atoms with E-state index in [2.05, 4.69) is 28.9 Å². The number of hydrogen-bond donors (Lipinski definition) is 8. The Morgan fingerprint density at radius 3 is 2.58 bits per heavy atom. The Bertz CT molecular complexity index is 1690. The van der Waals surface area contributed by atoms with Crippen LogP contribution in [0.2, 0.25) is 0 Å². The number of fused-ring (bicyclic) bond motifs is 5. The standard InChI is InChI=1S/C33H47N5O9P2S/c1-32-14-13-27-26-10-8-24(39)20-23(26)7-9-28(27)29(32)11-12-30(32)35-37-31(50)36-34-21-22-5-3-6-25(19-22)47-18-4-16-38(2)17-15-33(40,48(41,42)43)49(44,45)46/h3,5-6,8,10,19-21,27-29,39-40H,4,7,9,11-18H2,1-2H3,(H2,36,37,50)(H2,41,42,43)(H2,44,45,46)/b34-21+,35-30+/t27-,28-,29+,32+/m1/s1. The monoisotopic (exact) mass is 751 g/mol. The largest absolute Gasteiger partial charge is 0.508 e. The summed E-state index contributed by atoms with van der Waals surface area (Å²) in [6.45, 7) is 2.89. The first-order valence-corrected chi connectivity index (χ1v) is 20.4. The van der Waals surface area contributed by atoms with Gasteiger partial charge >= 0.3 is 15.2 Å². The van der Waals surface area contributed by atoms with Gasteiger partial charge in [0.25, 0.3) is 5.08 Å². The second-order valence-corrected chi connectivity index (χ2v) is 18.3. The number of phenols is 1. The first kappa shape index (κ1) is 38.5. The van der Waals surface area contributed by atoms with E-state index in [1.165, 1.54) is 11.1 Å². The van der Waals surface area contributed by atoms with Crippen molar-refractivity contribution in [2.24, 2.45) is 27.5 Å². The molecular formula is C33H47N5O9P2S. The van der Waals surface area contributed by atoms with Crippen molar-refractivity contribution in [2.75, 3.05) is 26.7 Å². The quantitative estimate of drug-likeness (QED) is 0.0474. The van der Waals surface area contributed by atoms with Crippen molar-refractivity contribution in [1.82, 2.24) is 15.8 Å². The van der Waals surface area contributed by atoms with Crippen LogP contribution in [0.15, 0.2) is 52.7 Å². The Morgan fingerprint density at radius 1 is 1.08 bits per heavy atom. The van der Waals surface area contributed by atoms with E-state index >= 15 is 0 Å². The molecule has 0 unspecified atom stereocenters. The normalized spacial score (nSPS) is 24.6. The summed E-state index contributed by atoms with van der Waals surface area (Å²) < 4.78 is 28.9. The number of nitrogens with one attached hydrogen (secondary N) is 2. The minimum Gasteiger partial charge on any atom is -0.508 e. The molecule has 0 bridgehead atoms. The molecule has 50 heavy (non-hydrogen) atoms. The van der Waals surface area contributed by atoms with Gasteiger partial charge in [0.2, 0.25) is 5.11 Å². The van der Waals surface area contributed by atoms with Gasteiger partial charge in [-0.15, -0.1) is 0 Å². The second kappa shape index (κ2) is 15.5. The van der Waals surface area contributed by atoms with Crippen molar-refractivity contribution in [2.45, 2.75) is 69.3 Å². The first-order chi connectivity index (χ1) is 23.5. The lowest BCUT2D eigenvalue weighted by molar-refractivity contribution is 0.0954. The van der Waals surface area contributed by atoms with E-state index in [-0.39, 0.29) is 17.1 Å². The molecule has 4 atom stereocenters. The van der Waals surface area contributed by atoms with Gasteiger partial charge in [0, 0.05) is 30.6 Å². The summed E-state index contributed by atoms with van der Waals surface area (Å²) in [7, 11) is -9.35. The number of nitrogens with zero attached hydrogens (tertiary/aromatic N) is 3. The van der Waals surface area contributed by atoms with Crippen LogP contribution in [0.1, 0.15) is 74.5 Å². The van der Waals surface area contributed by atoms with Crippen LogP contribution in [0.3, 0.4) is 0 Å². The smallest absolute Gasteiger partial charge is 0.369 e. The number of thiocarbonyl (C=S) groups is 1. The molecule has 0 aromatic heterocycles. The molecule has 14 nitrogen and oxygen atoms in total. The maximum absolute atomic E-state index is 11.5. The number of ether oxygens (including phenoxy) is 1. The molecule has 274 valence electrons. The predicted molar refractivity (Wildman–Crippen MR) is 194 cm³/mol. The van der Waals surface area contributed by atoms with E-state index in [1.807, 2.05) is 24.3 Å². The molecule has 17 heteroatoms. The molecule has 2 fully saturated rings. The summed E-state index contributed by atoms with van der Waals surface area (Å²) in [5.41, 5.74) is 10.5. The molecule has 2 aromatic carbocycles. The van der Waals surface area contributed by atoms with Gasteiger partial charge in [-0.3, -0.25) is 20.0 Å². The van der Waals surface area contributed by atoms with Gasteiger partial charge in [-0.05, 0) is 123 Å². The molecule has 2 aromatic rings. The fourth-order valence-electron chi connectivity index (χ4n) is 7.97. The average Bonchev–Trinajstić information content (AvgIpc) is 3.39. The van der Waals surface area contributed by atoms with Gasteiger partial charge in [0.1, 0.15) is 11.5 Å². The summed E-state index contributed by atoms with van der Waals surface area (Å²) in [6, 6.07) is 13.1. The summed E-state index contributed by atoms with van der Waals surface area (Å²) in [4.78, 5) is 38.8. The van der Waals surface area contributed by atoms with E-state index < -0.39 is 26.7 Å².